The molecular weight excluding hydrogens is 296 g/mol. The van der Waals surface area contributed by atoms with Crippen molar-refractivity contribution in [3.8, 4) is 18.2 Å². The molecule has 0 heterocycles. The van der Waals surface area contributed by atoms with E-state index in [0.717, 1.165) is 24.0 Å². The molecule has 3 atom stereocenters. The highest BCUT2D eigenvalue weighted by Gasteiger charge is 2.53. The van der Waals surface area contributed by atoms with Gasteiger partial charge < -0.3 is 5.73 Å². The van der Waals surface area contributed by atoms with Crippen molar-refractivity contribution in [1.82, 2.24) is 0 Å². The molecule has 0 saturated heterocycles. The van der Waals surface area contributed by atoms with Gasteiger partial charge in [0.15, 0.2) is 5.41 Å². The molecule has 2 aliphatic rings. The Morgan fingerprint density at radius 3 is 2.33 bits per heavy atom. The first-order valence-corrected chi connectivity index (χ1v) is 8.09. The number of nitrogens with zero attached hydrogens (tertiary/aromatic N) is 3. The third kappa shape index (κ3) is 2.10. The first-order valence-electron chi connectivity index (χ1n) is 8.09. The fourth-order valence-electron chi connectivity index (χ4n) is 4.10. The van der Waals surface area contributed by atoms with Crippen LogP contribution in [0.15, 0.2) is 53.3 Å². The Bertz CT molecular complexity index is 828. The highest BCUT2D eigenvalue weighted by Crippen LogP contribution is 2.56. The zero-order valence-corrected chi connectivity index (χ0v) is 13.5. The van der Waals surface area contributed by atoms with Gasteiger partial charge in [-0.2, -0.15) is 15.8 Å². The largest absolute Gasteiger partial charge is 0.399 e. The highest BCUT2D eigenvalue weighted by atomic mass is 14.7. The van der Waals surface area contributed by atoms with Gasteiger partial charge in [0.1, 0.15) is 6.07 Å². The number of rotatable bonds is 1. The van der Waals surface area contributed by atoms with Gasteiger partial charge in [0.05, 0.1) is 23.4 Å². The Hall–Kier alpha value is -3.03. The van der Waals surface area contributed by atoms with Crippen LogP contribution in [0.4, 0.5) is 0 Å². The Labute approximate surface area is 142 Å². The van der Waals surface area contributed by atoms with E-state index in [2.05, 4.69) is 31.2 Å². The standard InChI is InChI=1S/C20H18N4/c1-13-7-8-15-16(9-13)17(10-21)19(24)20(11-22,12-23)18(15)14-5-3-2-4-6-14/h2-6,9,13,15,18H,7-8,24H2,1H3. The van der Waals surface area contributed by atoms with E-state index < -0.39 is 5.41 Å². The Kier molecular flexibility index (Phi) is 3.88. The summed E-state index contributed by atoms with van der Waals surface area (Å²) in [5.74, 6) is -0.0325. The minimum absolute atomic E-state index is 0.0372. The Morgan fingerprint density at radius 2 is 1.75 bits per heavy atom. The molecular formula is C20H18N4. The second kappa shape index (κ2) is 5.88. The van der Waals surface area contributed by atoms with Gasteiger partial charge in [-0.15, -0.1) is 0 Å². The van der Waals surface area contributed by atoms with Gasteiger partial charge in [-0.3, -0.25) is 0 Å². The number of hydrogen-bond acceptors (Lipinski definition) is 4. The Balaban J connectivity index is 2.34. The predicted molar refractivity (Wildman–Crippen MR) is 89.6 cm³/mol. The lowest BCUT2D eigenvalue weighted by atomic mass is 9.56. The zero-order valence-electron chi connectivity index (χ0n) is 13.5. The molecule has 0 aliphatic heterocycles. The van der Waals surface area contributed by atoms with Crippen LogP contribution in [0.5, 0.6) is 0 Å². The van der Waals surface area contributed by atoms with E-state index in [9.17, 15) is 15.8 Å². The highest BCUT2D eigenvalue weighted by molar-refractivity contribution is 5.59. The maximum absolute atomic E-state index is 9.88. The van der Waals surface area contributed by atoms with Crippen LogP contribution < -0.4 is 5.73 Å². The van der Waals surface area contributed by atoms with Crippen LogP contribution in [0.1, 0.15) is 31.2 Å². The van der Waals surface area contributed by atoms with Gasteiger partial charge in [0.2, 0.25) is 0 Å². The molecule has 3 rings (SSSR count). The molecule has 2 N–H and O–H groups in total. The molecule has 24 heavy (non-hydrogen) atoms. The topological polar surface area (TPSA) is 97.4 Å². The lowest BCUT2D eigenvalue weighted by molar-refractivity contribution is 0.303. The minimum Gasteiger partial charge on any atom is -0.399 e. The summed E-state index contributed by atoms with van der Waals surface area (Å²) in [5, 5.41) is 29.4. The van der Waals surface area contributed by atoms with Crippen LogP contribution in [0, 0.1) is 51.2 Å². The number of fused-ring (bicyclic) bond motifs is 1. The van der Waals surface area contributed by atoms with Crippen molar-refractivity contribution >= 4 is 0 Å². The molecule has 0 amide bonds. The summed E-state index contributed by atoms with van der Waals surface area (Å²) in [6, 6.07) is 16.1. The minimum atomic E-state index is -1.50. The molecule has 0 bridgehead atoms. The fourth-order valence-corrected chi connectivity index (χ4v) is 4.10. The van der Waals surface area contributed by atoms with Crippen LogP contribution in [0.25, 0.3) is 0 Å². The second-order valence-corrected chi connectivity index (χ2v) is 6.60. The summed E-state index contributed by atoms with van der Waals surface area (Å²) in [4.78, 5) is 0. The summed E-state index contributed by atoms with van der Waals surface area (Å²) < 4.78 is 0. The molecule has 0 radical (unpaired) electrons. The van der Waals surface area contributed by atoms with E-state index in [1.54, 1.807) is 0 Å². The van der Waals surface area contributed by atoms with E-state index in [1.165, 1.54) is 0 Å². The molecule has 0 spiro atoms. The average Bonchev–Trinajstić information content (AvgIpc) is 2.62. The third-order valence-corrected chi connectivity index (χ3v) is 5.27. The SMILES string of the molecule is CC1C=C2C(C#N)=C(N)C(C#N)(C#N)C(c3ccccc3)C2CC1. The van der Waals surface area contributed by atoms with Crippen molar-refractivity contribution < 1.29 is 0 Å². The van der Waals surface area contributed by atoms with Crippen LogP contribution in [-0.4, -0.2) is 0 Å². The number of hydrogen-bond donors (Lipinski definition) is 1. The maximum atomic E-state index is 9.88. The van der Waals surface area contributed by atoms with Crippen molar-refractivity contribution in [3.05, 3.63) is 58.8 Å². The molecule has 3 unspecified atom stereocenters. The normalized spacial score (nSPS) is 27.9. The van der Waals surface area contributed by atoms with E-state index in [0.29, 0.717) is 11.5 Å². The van der Waals surface area contributed by atoms with E-state index in [-0.39, 0.29) is 17.5 Å². The summed E-state index contributed by atoms with van der Waals surface area (Å²) in [6.45, 7) is 2.11. The van der Waals surface area contributed by atoms with Crippen LogP contribution in [-0.2, 0) is 0 Å². The number of allylic oxidation sites excluding steroid dienone is 4. The van der Waals surface area contributed by atoms with Crippen molar-refractivity contribution in [3.63, 3.8) is 0 Å². The van der Waals surface area contributed by atoms with Gasteiger partial charge in [-0.25, -0.2) is 0 Å². The van der Waals surface area contributed by atoms with Gasteiger partial charge in [0.25, 0.3) is 0 Å². The van der Waals surface area contributed by atoms with Gasteiger partial charge in [0, 0.05) is 5.92 Å². The number of benzene rings is 1. The lowest BCUT2D eigenvalue weighted by Crippen LogP contribution is -2.43. The predicted octanol–water partition coefficient (Wildman–Crippen LogP) is 3.53. The smallest absolute Gasteiger partial charge is 0.191 e. The lowest BCUT2D eigenvalue weighted by Gasteiger charge is -2.44. The van der Waals surface area contributed by atoms with Gasteiger partial charge in [-0.05, 0) is 35.8 Å². The van der Waals surface area contributed by atoms with Crippen LogP contribution in [0.2, 0.25) is 0 Å². The van der Waals surface area contributed by atoms with Crippen molar-refractivity contribution in [1.29, 1.82) is 15.8 Å². The molecule has 2 aliphatic carbocycles. The molecule has 0 saturated carbocycles. The van der Waals surface area contributed by atoms with E-state index >= 15 is 0 Å². The maximum Gasteiger partial charge on any atom is 0.191 e. The molecule has 4 nitrogen and oxygen atoms in total. The molecule has 118 valence electrons. The molecule has 0 aromatic heterocycles. The quantitative estimate of drug-likeness (QED) is 0.857. The summed E-state index contributed by atoms with van der Waals surface area (Å²) >= 11 is 0. The first-order chi connectivity index (χ1) is 11.6. The van der Waals surface area contributed by atoms with Gasteiger partial charge in [-0.1, -0.05) is 43.3 Å². The Morgan fingerprint density at radius 1 is 1.08 bits per heavy atom. The van der Waals surface area contributed by atoms with Crippen molar-refractivity contribution in [2.45, 2.75) is 25.7 Å². The monoisotopic (exact) mass is 314 g/mol. The summed E-state index contributed by atoms with van der Waals surface area (Å²) in [5.41, 5.74) is 6.98. The second-order valence-electron chi connectivity index (χ2n) is 6.60. The van der Waals surface area contributed by atoms with Gasteiger partial charge >= 0.3 is 0 Å². The number of nitrogens with two attached hydrogens (primary N) is 1. The molecule has 0 fully saturated rings. The average molecular weight is 314 g/mol. The number of nitriles is 3. The van der Waals surface area contributed by atoms with Crippen LogP contribution >= 0.6 is 0 Å². The summed E-state index contributed by atoms with van der Waals surface area (Å²) in [7, 11) is 0. The summed E-state index contributed by atoms with van der Waals surface area (Å²) in [6.07, 6.45) is 3.91. The first kappa shape index (κ1) is 15.9. The van der Waals surface area contributed by atoms with E-state index in [1.807, 2.05) is 30.3 Å². The zero-order chi connectivity index (χ0) is 17.3. The fraction of sp³-hybridized carbons (Fsp3) is 0.350. The van der Waals surface area contributed by atoms with Crippen molar-refractivity contribution in [2.24, 2.45) is 23.0 Å². The third-order valence-electron chi connectivity index (χ3n) is 5.27. The van der Waals surface area contributed by atoms with Crippen LogP contribution in [0.3, 0.4) is 0 Å². The van der Waals surface area contributed by atoms with E-state index in [4.69, 9.17) is 5.73 Å². The molecule has 1 aromatic carbocycles. The van der Waals surface area contributed by atoms with Crippen molar-refractivity contribution in [2.75, 3.05) is 0 Å². The molecule has 4 heteroatoms. The molecule has 1 aromatic rings.